The number of benzene rings is 1. The van der Waals surface area contributed by atoms with Crippen LogP contribution in [0.1, 0.15) is 38.1 Å². The van der Waals surface area contributed by atoms with Crippen LogP contribution >= 0.6 is 0 Å². The standard InChI is InChI=1S/C18H26N2O6/c1-10(2)19-16(21)9-26-14-7-6-13(8-15(14)25-5)17(22)20-12(4)11(3)18(23)24/h6-8,10-12H,9H2,1-5H3,(H,19,21)(H,20,22)(H,23,24). The van der Waals surface area contributed by atoms with Crippen molar-refractivity contribution in [1.82, 2.24) is 10.6 Å². The molecule has 144 valence electrons. The summed E-state index contributed by atoms with van der Waals surface area (Å²) < 4.78 is 10.6. The summed E-state index contributed by atoms with van der Waals surface area (Å²) in [6, 6.07) is 3.99. The zero-order valence-corrected chi connectivity index (χ0v) is 15.7. The van der Waals surface area contributed by atoms with Crippen LogP contribution in [0.4, 0.5) is 0 Å². The maximum Gasteiger partial charge on any atom is 0.308 e. The molecule has 3 N–H and O–H groups in total. The molecule has 8 heteroatoms. The average molecular weight is 366 g/mol. The number of carboxylic acid groups (broad SMARTS) is 1. The molecule has 2 unspecified atom stereocenters. The Hall–Kier alpha value is -2.77. The Bertz CT molecular complexity index is 659. The fourth-order valence-corrected chi connectivity index (χ4v) is 2.06. The number of ether oxygens (including phenoxy) is 2. The van der Waals surface area contributed by atoms with Gasteiger partial charge in [0.2, 0.25) is 0 Å². The lowest BCUT2D eigenvalue weighted by Gasteiger charge is -2.18. The van der Waals surface area contributed by atoms with Crippen LogP contribution in [0.5, 0.6) is 11.5 Å². The molecular formula is C18H26N2O6. The van der Waals surface area contributed by atoms with Gasteiger partial charge < -0.3 is 25.2 Å². The summed E-state index contributed by atoms with van der Waals surface area (Å²) in [6.45, 7) is 6.66. The first-order chi connectivity index (χ1) is 12.1. The Balaban J connectivity index is 2.79. The van der Waals surface area contributed by atoms with E-state index in [4.69, 9.17) is 14.6 Å². The zero-order valence-electron chi connectivity index (χ0n) is 15.7. The average Bonchev–Trinajstić information content (AvgIpc) is 2.58. The van der Waals surface area contributed by atoms with Crippen molar-refractivity contribution in [2.45, 2.75) is 39.8 Å². The molecule has 0 spiro atoms. The van der Waals surface area contributed by atoms with Gasteiger partial charge in [-0.3, -0.25) is 14.4 Å². The van der Waals surface area contributed by atoms with Crippen molar-refractivity contribution < 1.29 is 29.0 Å². The van der Waals surface area contributed by atoms with Gasteiger partial charge in [-0.15, -0.1) is 0 Å². The van der Waals surface area contributed by atoms with Crippen LogP contribution in [0, 0.1) is 5.92 Å². The Morgan fingerprint density at radius 2 is 1.73 bits per heavy atom. The van der Waals surface area contributed by atoms with Gasteiger partial charge in [-0.1, -0.05) is 0 Å². The minimum absolute atomic E-state index is 0.00857. The lowest BCUT2D eigenvalue weighted by atomic mass is 10.0. The molecule has 0 saturated heterocycles. The molecule has 0 bridgehead atoms. The van der Waals surface area contributed by atoms with E-state index in [1.165, 1.54) is 32.2 Å². The molecule has 1 rings (SSSR count). The quantitative estimate of drug-likeness (QED) is 0.609. The fraction of sp³-hybridized carbons (Fsp3) is 0.500. The molecular weight excluding hydrogens is 340 g/mol. The van der Waals surface area contributed by atoms with E-state index in [1.807, 2.05) is 13.8 Å². The molecule has 0 fully saturated rings. The number of carbonyl (C=O) groups excluding carboxylic acids is 2. The van der Waals surface area contributed by atoms with Gasteiger partial charge in [-0.05, 0) is 45.9 Å². The topological polar surface area (TPSA) is 114 Å². The van der Waals surface area contributed by atoms with Gasteiger partial charge in [0.15, 0.2) is 18.1 Å². The molecule has 2 atom stereocenters. The summed E-state index contributed by atoms with van der Waals surface area (Å²) in [5, 5.41) is 14.3. The first-order valence-electron chi connectivity index (χ1n) is 8.29. The summed E-state index contributed by atoms with van der Waals surface area (Å²) in [6.07, 6.45) is 0. The summed E-state index contributed by atoms with van der Waals surface area (Å²) in [5.41, 5.74) is 0.297. The van der Waals surface area contributed by atoms with Crippen LogP contribution in [0.15, 0.2) is 18.2 Å². The number of hydrogen-bond acceptors (Lipinski definition) is 5. The highest BCUT2D eigenvalue weighted by atomic mass is 16.5. The summed E-state index contributed by atoms with van der Waals surface area (Å²) >= 11 is 0. The number of amides is 2. The minimum Gasteiger partial charge on any atom is -0.493 e. The molecule has 0 aliphatic heterocycles. The summed E-state index contributed by atoms with van der Waals surface area (Å²) in [4.78, 5) is 34.9. The molecule has 0 aromatic heterocycles. The van der Waals surface area contributed by atoms with E-state index < -0.39 is 23.8 Å². The monoisotopic (exact) mass is 366 g/mol. The SMILES string of the molecule is COc1cc(C(=O)NC(C)C(C)C(=O)O)ccc1OCC(=O)NC(C)C. The Morgan fingerprint density at radius 1 is 1.08 bits per heavy atom. The van der Waals surface area contributed by atoms with Crippen LogP contribution in [0.3, 0.4) is 0 Å². The number of rotatable bonds is 9. The van der Waals surface area contributed by atoms with Gasteiger partial charge in [0.25, 0.3) is 11.8 Å². The van der Waals surface area contributed by atoms with Crippen LogP contribution in [-0.4, -0.2) is 48.7 Å². The lowest BCUT2D eigenvalue weighted by Crippen LogP contribution is -2.40. The summed E-state index contributed by atoms with van der Waals surface area (Å²) in [7, 11) is 1.42. The van der Waals surface area contributed by atoms with Crippen molar-refractivity contribution >= 4 is 17.8 Å². The van der Waals surface area contributed by atoms with E-state index in [0.29, 0.717) is 17.1 Å². The van der Waals surface area contributed by atoms with Gasteiger partial charge >= 0.3 is 5.97 Å². The number of methoxy groups -OCH3 is 1. The van der Waals surface area contributed by atoms with Gasteiger partial charge in [0.1, 0.15) is 0 Å². The number of carboxylic acids is 1. The van der Waals surface area contributed by atoms with Crippen molar-refractivity contribution in [3.05, 3.63) is 23.8 Å². The minimum atomic E-state index is -0.987. The van der Waals surface area contributed by atoms with Crippen LogP contribution in [0.2, 0.25) is 0 Å². The smallest absolute Gasteiger partial charge is 0.308 e. The number of nitrogens with one attached hydrogen (secondary N) is 2. The van der Waals surface area contributed by atoms with E-state index >= 15 is 0 Å². The molecule has 0 heterocycles. The zero-order chi connectivity index (χ0) is 19.9. The predicted molar refractivity (Wildman–Crippen MR) is 95.5 cm³/mol. The molecule has 1 aromatic carbocycles. The lowest BCUT2D eigenvalue weighted by molar-refractivity contribution is -0.141. The third-order valence-electron chi connectivity index (χ3n) is 3.73. The molecule has 2 amide bonds. The van der Waals surface area contributed by atoms with Gasteiger partial charge in [-0.2, -0.15) is 0 Å². The van der Waals surface area contributed by atoms with E-state index in [9.17, 15) is 14.4 Å². The van der Waals surface area contributed by atoms with Crippen molar-refractivity contribution in [3.8, 4) is 11.5 Å². The second kappa shape index (κ2) is 9.65. The largest absolute Gasteiger partial charge is 0.493 e. The predicted octanol–water partition coefficient (Wildman–Crippen LogP) is 1.44. The molecule has 0 saturated carbocycles. The number of aliphatic carboxylic acids is 1. The summed E-state index contributed by atoms with van der Waals surface area (Å²) in [5.74, 6) is -1.76. The van der Waals surface area contributed by atoms with Gasteiger partial charge in [0.05, 0.1) is 13.0 Å². The van der Waals surface area contributed by atoms with Crippen molar-refractivity contribution in [2.24, 2.45) is 5.92 Å². The molecule has 26 heavy (non-hydrogen) atoms. The Morgan fingerprint density at radius 3 is 2.27 bits per heavy atom. The third-order valence-corrected chi connectivity index (χ3v) is 3.73. The van der Waals surface area contributed by atoms with Crippen LogP contribution in [-0.2, 0) is 9.59 Å². The van der Waals surface area contributed by atoms with Gasteiger partial charge in [-0.25, -0.2) is 0 Å². The van der Waals surface area contributed by atoms with Gasteiger partial charge in [0, 0.05) is 17.6 Å². The normalized spacial score (nSPS) is 12.8. The Kier molecular flexibility index (Phi) is 7.89. The number of hydrogen-bond donors (Lipinski definition) is 3. The van der Waals surface area contributed by atoms with E-state index in [2.05, 4.69) is 10.6 Å². The highest BCUT2D eigenvalue weighted by Gasteiger charge is 2.22. The highest BCUT2D eigenvalue weighted by Crippen LogP contribution is 2.28. The van der Waals surface area contributed by atoms with E-state index in [1.54, 1.807) is 6.92 Å². The van der Waals surface area contributed by atoms with Crippen LogP contribution in [0.25, 0.3) is 0 Å². The molecule has 1 aromatic rings. The van der Waals surface area contributed by atoms with E-state index in [-0.39, 0.29) is 18.6 Å². The van der Waals surface area contributed by atoms with Crippen LogP contribution < -0.4 is 20.1 Å². The molecule has 0 radical (unpaired) electrons. The molecule has 0 aliphatic rings. The Labute approximate surface area is 152 Å². The second-order valence-electron chi connectivity index (χ2n) is 6.27. The first-order valence-corrected chi connectivity index (χ1v) is 8.29. The van der Waals surface area contributed by atoms with Crippen molar-refractivity contribution in [1.29, 1.82) is 0 Å². The first kappa shape index (κ1) is 21.3. The highest BCUT2D eigenvalue weighted by molar-refractivity contribution is 5.95. The van der Waals surface area contributed by atoms with Crippen molar-refractivity contribution in [2.75, 3.05) is 13.7 Å². The third kappa shape index (κ3) is 6.27. The second-order valence-corrected chi connectivity index (χ2v) is 6.27. The maximum absolute atomic E-state index is 12.3. The van der Waals surface area contributed by atoms with E-state index in [0.717, 1.165) is 0 Å². The molecule has 0 aliphatic carbocycles. The maximum atomic E-state index is 12.3. The fourth-order valence-electron chi connectivity index (χ4n) is 2.06. The number of carbonyl (C=O) groups is 3. The molecule has 8 nitrogen and oxygen atoms in total. The van der Waals surface area contributed by atoms with Crippen molar-refractivity contribution in [3.63, 3.8) is 0 Å².